The number of carbonyl (C=O) groups is 1. The van der Waals surface area contributed by atoms with Crippen LogP contribution in [-0.4, -0.2) is 31.4 Å². The van der Waals surface area contributed by atoms with E-state index in [0.29, 0.717) is 36.3 Å². The van der Waals surface area contributed by atoms with Gasteiger partial charge in [0, 0.05) is 24.5 Å². The highest BCUT2D eigenvalue weighted by Crippen LogP contribution is 2.38. The van der Waals surface area contributed by atoms with Crippen molar-refractivity contribution >= 4 is 29.3 Å². The first-order valence-electron chi connectivity index (χ1n) is 8.69. The lowest BCUT2D eigenvalue weighted by Gasteiger charge is -2.11. The minimum absolute atomic E-state index is 0.0177. The summed E-state index contributed by atoms with van der Waals surface area (Å²) in [4.78, 5) is 12.2. The van der Waals surface area contributed by atoms with Crippen LogP contribution in [0.1, 0.15) is 17.5 Å². The highest BCUT2D eigenvalue weighted by Gasteiger charge is 2.16. The predicted molar refractivity (Wildman–Crippen MR) is 106 cm³/mol. The van der Waals surface area contributed by atoms with Gasteiger partial charge in [-0.15, -0.1) is 0 Å². The second-order valence-electron chi connectivity index (χ2n) is 6.02. The topological polar surface area (TPSA) is 47.6 Å². The van der Waals surface area contributed by atoms with Crippen molar-refractivity contribution in [2.24, 2.45) is 0 Å². The van der Waals surface area contributed by atoms with E-state index in [1.165, 1.54) is 5.56 Å². The minimum Gasteiger partial charge on any atom is -0.489 e. The number of benzene rings is 2. The summed E-state index contributed by atoms with van der Waals surface area (Å²) >= 11 is 8.07. The van der Waals surface area contributed by atoms with Gasteiger partial charge in [0.15, 0.2) is 11.5 Å². The van der Waals surface area contributed by atoms with E-state index in [1.807, 2.05) is 24.3 Å². The Hall–Kier alpha value is -1.85. The highest BCUT2D eigenvalue weighted by molar-refractivity contribution is 7.98. The van der Waals surface area contributed by atoms with Gasteiger partial charge in [0.25, 0.3) is 0 Å². The number of halogens is 1. The number of hydrogen-bond donors (Lipinski definition) is 1. The number of carbonyl (C=O) groups excluding carboxylic acids is 1. The molecule has 3 rings (SSSR count). The Kier molecular flexibility index (Phi) is 7.09. The van der Waals surface area contributed by atoms with Crippen molar-refractivity contribution in [2.75, 3.05) is 25.5 Å². The predicted octanol–water partition coefficient (Wildman–Crippen LogP) is 4.09. The molecule has 1 N–H and O–H groups in total. The molecule has 138 valence electrons. The first-order chi connectivity index (χ1) is 12.7. The molecule has 0 atom stereocenters. The molecule has 6 heteroatoms. The van der Waals surface area contributed by atoms with Crippen LogP contribution in [0.2, 0.25) is 5.02 Å². The van der Waals surface area contributed by atoms with Gasteiger partial charge >= 0.3 is 0 Å². The van der Waals surface area contributed by atoms with Gasteiger partial charge in [-0.3, -0.25) is 4.79 Å². The Morgan fingerprint density at radius 1 is 1.12 bits per heavy atom. The second kappa shape index (κ2) is 9.74. The van der Waals surface area contributed by atoms with Crippen molar-refractivity contribution in [2.45, 2.75) is 18.6 Å². The van der Waals surface area contributed by atoms with E-state index in [1.54, 1.807) is 17.8 Å². The maximum atomic E-state index is 12.2. The molecule has 0 unspecified atom stereocenters. The Labute approximate surface area is 163 Å². The molecule has 0 saturated carbocycles. The van der Waals surface area contributed by atoms with Crippen LogP contribution in [0.3, 0.4) is 0 Å². The fraction of sp³-hybridized carbons (Fsp3) is 0.350. The molecule has 0 saturated heterocycles. The van der Waals surface area contributed by atoms with Gasteiger partial charge in [-0.25, -0.2) is 0 Å². The Morgan fingerprint density at radius 2 is 1.92 bits per heavy atom. The molecular formula is C20H22ClNO3S. The Balaban J connectivity index is 1.43. The standard InChI is InChI=1S/C20H22ClNO3S/c21-17-11-16(12-18-20(17)25-9-4-8-24-18)13-19(23)22-7-10-26-14-15-5-2-1-3-6-15/h1-3,5-6,11-12H,4,7-10,13-14H2,(H,22,23). The van der Waals surface area contributed by atoms with E-state index in [-0.39, 0.29) is 12.3 Å². The largest absolute Gasteiger partial charge is 0.489 e. The SMILES string of the molecule is O=C(Cc1cc(Cl)c2c(c1)OCCCO2)NCCSCc1ccccc1. The number of ether oxygens (including phenoxy) is 2. The molecule has 1 amide bonds. The molecule has 4 nitrogen and oxygen atoms in total. The summed E-state index contributed by atoms with van der Waals surface area (Å²) in [6.45, 7) is 1.83. The van der Waals surface area contributed by atoms with Gasteiger partial charge in [0.2, 0.25) is 5.91 Å². The highest BCUT2D eigenvalue weighted by atomic mass is 35.5. The molecule has 1 heterocycles. The number of amides is 1. The van der Waals surface area contributed by atoms with Crippen molar-refractivity contribution in [3.63, 3.8) is 0 Å². The number of rotatable bonds is 7. The third-order valence-electron chi connectivity index (χ3n) is 3.91. The van der Waals surface area contributed by atoms with Crippen LogP contribution in [0.5, 0.6) is 11.5 Å². The van der Waals surface area contributed by atoms with Gasteiger partial charge in [-0.1, -0.05) is 41.9 Å². The van der Waals surface area contributed by atoms with Gasteiger partial charge < -0.3 is 14.8 Å². The maximum Gasteiger partial charge on any atom is 0.224 e. The lowest BCUT2D eigenvalue weighted by molar-refractivity contribution is -0.120. The van der Waals surface area contributed by atoms with E-state index in [4.69, 9.17) is 21.1 Å². The van der Waals surface area contributed by atoms with Crippen molar-refractivity contribution < 1.29 is 14.3 Å². The first-order valence-corrected chi connectivity index (χ1v) is 10.2. The molecule has 0 fully saturated rings. The molecular weight excluding hydrogens is 370 g/mol. The Morgan fingerprint density at radius 3 is 2.77 bits per heavy atom. The summed E-state index contributed by atoms with van der Waals surface area (Å²) in [6.07, 6.45) is 1.10. The van der Waals surface area contributed by atoms with Crippen LogP contribution in [0.4, 0.5) is 0 Å². The summed E-state index contributed by atoms with van der Waals surface area (Å²) in [6, 6.07) is 13.9. The zero-order valence-corrected chi connectivity index (χ0v) is 16.1. The molecule has 0 spiro atoms. The van der Waals surface area contributed by atoms with E-state index in [9.17, 15) is 4.79 Å². The molecule has 1 aliphatic rings. The molecule has 1 aliphatic heterocycles. The Bertz CT molecular complexity index is 739. The summed E-state index contributed by atoms with van der Waals surface area (Å²) in [5.41, 5.74) is 2.12. The van der Waals surface area contributed by atoms with E-state index >= 15 is 0 Å². The molecule has 0 aromatic heterocycles. The van der Waals surface area contributed by atoms with E-state index in [0.717, 1.165) is 23.5 Å². The second-order valence-corrected chi connectivity index (χ2v) is 7.53. The van der Waals surface area contributed by atoms with Crippen LogP contribution in [0.25, 0.3) is 0 Å². The molecule has 2 aromatic rings. The number of nitrogens with one attached hydrogen (secondary N) is 1. The molecule has 0 radical (unpaired) electrons. The average Bonchev–Trinajstić information content (AvgIpc) is 2.88. The van der Waals surface area contributed by atoms with Crippen LogP contribution in [-0.2, 0) is 17.0 Å². The van der Waals surface area contributed by atoms with Crippen LogP contribution >= 0.6 is 23.4 Å². The van der Waals surface area contributed by atoms with Crippen LogP contribution in [0.15, 0.2) is 42.5 Å². The fourth-order valence-corrected chi connectivity index (χ4v) is 3.77. The van der Waals surface area contributed by atoms with E-state index < -0.39 is 0 Å². The average molecular weight is 392 g/mol. The summed E-state index contributed by atoms with van der Waals surface area (Å²) in [5.74, 6) is 3.01. The first kappa shape index (κ1) is 18.9. The molecule has 26 heavy (non-hydrogen) atoms. The maximum absolute atomic E-state index is 12.2. The number of thioether (sulfide) groups is 1. The number of hydrogen-bond acceptors (Lipinski definition) is 4. The zero-order valence-electron chi connectivity index (χ0n) is 14.5. The third-order valence-corrected chi connectivity index (χ3v) is 5.22. The quantitative estimate of drug-likeness (QED) is 0.722. The lowest BCUT2D eigenvalue weighted by atomic mass is 10.1. The van der Waals surface area contributed by atoms with Crippen molar-refractivity contribution in [1.29, 1.82) is 0 Å². The van der Waals surface area contributed by atoms with E-state index in [2.05, 4.69) is 17.4 Å². The van der Waals surface area contributed by atoms with Crippen molar-refractivity contribution in [3.05, 3.63) is 58.6 Å². The minimum atomic E-state index is -0.0177. The van der Waals surface area contributed by atoms with Crippen LogP contribution < -0.4 is 14.8 Å². The van der Waals surface area contributed by atoms with Gasteiger partial charge in [-0.05, 0) is 23.3 Å². The lowest BCUT2D eigenvalue weighted by Crippen LogP contribution is -2.27. The summed E-state index contributed by atoms with van der Waals surface area (Å²) < 4.78 is 11.3. The number of fused-ring (bicyclic) bond motifs is 1. The molecule has 0 bridgehead atoms. The normalized spacial score (nSPS) is 13.1. The van der Waals surface area contributed by atoms with Crippen LogP contribution in [0, 0.1) is 0 Å². The van der Waals surface area contributed by atoms with Crippen molar-refractivity contribution in [1.82, 2.24) is 5.32 Å². The van der Waals surface area contributed by atoms with Gasteiger partial charge in [-0.2, -0.15) is 11.8 Å². The molecule has 0 aliphatic carbocycles. The fourth-order valence-electron chi connectivity index (χ4n) is 2.66. The van der Waals surface area contributed by atoms with Gasteiger partial charge in [0.05, 0.1) is 24.7 Å². The summed E-state index contributed by atoms with van der Waals surface area (Å²) in [7, 11) is 0. The zero-order chi connectivity index (χ0) is 18.2. The summed E-state index contributed by atoms with van der Waals surface area (Å²) in [5, 5.41) is 3.45. The smallest absolute Gasteiger partial charge is 0.224 e. The third kappa shape index (κ3) is 5.58. The van der Waals surface area contributed by atoms with Crippen molar-refractivity contribution in [3.8, 4) is 11.5 Å². The molecule has 2 aromatic carbocycles. The monoisotopic (exact) mass is 391 g/mol. The van der Waals surface area contributed by atoms with Gasteiger partial charge in [0.1, 0.15) is 0 Å².